The van der Waals surface area contributed by atoms with Gasteiger partial charge in [-0.3, -0.25) is 14.6 Å². The standard InChI is InChI=1S/C22H18F3N3O3/c23-22(24,25)18-11-16(6-5-14(18)12-26)28-20-4-2-1-3-19(20)27(21(28)30)15-7-9-17(10-8-15)31-13-29/h5-11,13,19-20H,1-4H2/t19-,20-/m0/s1. The van der Waals surface area contributed by atoms with E-state index in [1.54, 1.807) is 35.2 Å². The van der Waals surface area contributed by atoms with Crippen molar-refractivity contribution in [2.24, 2.45) is 0 Å². The van der Waals surface area contributed by atoms with Gasteiger partial charge in [0, 0.05) is 11.4 Å². The summed E-state index contributed by atoms with van der Waals surface area (Å²) in [7, 11) is 0. The van der Waals surface area contributed by atoms with Crippen LogP contribution in [0.15, 0.2) is 42.5 Å². The van der Waals surface area contributed by atoms with Crippen LogP contribution in [0.3, 0.4) is 0 Å². The number of benzene rings is 2. The lowest BCUT2D eigenvalue weighted by Gasteiger charge is -2.32. The summed E-state index contributed by atoms with van der Waals surface area (Å²) in [5.74, 6) is 0.323. The second-order valence-corrected chi connectivity index (χ2v) is 7.49. The Balaban J connectivity index is 1.75. The number of fused-ring (bicyclic) bond motifs is 1. The minimum Gasteiger partial charge on any atom is -0.429 e. The van der Waals surface area contributed by atoms with E-state index >= 15 is 0 Å². The molecule has 0 bridgehead atoms. The number of nitrogens with zero attached hydrogens (tertiary/aromatic N) is 3. The molecule has 1 saturated heterocycles. The lowest BCUT2D eigenvalue weighted by atomic mass is 9.89. The Hall–Kier alpha value is -3.54. The number of hydrogen-bond acceptors (Lipinski definition) is 4. The largest absolute Gasteiger partial charge is 0.429 e. The smallest absolute Gasteiger partial charge is 0.417 e. The third kappa shape index (κ3) is 3.69. The number of hydrogen-bond donors (Lipinski definition) is 0. The zero-order valence-corrected chi connectivity index (χ0v) is 16.3. The van der Waals surface area contributed by atoms with Crippen molar-refractivity contribution >= 4 is 23.9 Å². The van der Waals surface area contributed by atoms with Crippen LogP contribution in [0.4, 0.5) is 29.3 Å². The molecule has 2 aromatic carbocycles. The fourth-order valence-corrected chi connectivity index (χ4v) is 4.45. The number of ether oxygens (including phenoxy) is 1. The molecule has 2 amide bonds. The highest BCUT2D eigenvalue weighted by molar-refractivity contribution is 6.07. The molecule has 2 atom stereocenters. The van der Waals surface area contributed by atoms with E-state index in [2.05, 4.69) is 0 Å². The molecule has 6 nitrogen and oxygen atoms in total. The Morgan fingerprint density at radius 3 is 2.13 bits per heavy atom. The monoisotopic (exact) mass is 429 g/mol. The van der Waals surface area contributed by atoms with E-state index in [1.807, 2.05) is 0 Å². The summed E-state index contributed by atoms with van der Waals surface area (Å²) >= 11 is 0. The zero-order valence-electron chi connectivity index (χ0n) is 16.3. The van der Waals surface area contributed by atoms with Crippen LogP contribution in [0.1, 0.15) is 36.8 Å². The van der Waals surface area contributed by atoms with Crippen LogP contribution in [-0.2, 0) is 11.0 Å². The summed E-state index contributed by atoms with van der Waals surface area (Å²) in [6.45, 7) is 0.304. The molecule has 2 aromatic rings. The molecule has 0 radical (unpaired) electrons. The molecule has 1 aliphatic heterocycles. The Kier molecular flexibility index (Phi) is 5.31. The quantitative estimate of drug-likeness (QED) is 0.650. The van der Waals surface area contributed by atoms with Gasteiger partial charge in [-0.05, 0) is 55.3 Å². The Morgan fingerprint density at radius 2 is 1.58 bits per heavy atom. The van der Waals surface area contributed by atoms with E-state index in [9.17, 15) is 22.8 Å². The predicted octanol–water partition coefficient (Wildman–Crippen LogP) is 4.87. The van der Waals surface area contributed by atoms with Crippen LogP contribution in [0.5, 0.6) is 5.75 Å². The maximum absolute atomic E-state index is 13.5. The Morgan fingerprint density at radius 1 is 1.00 bits per heavy atom. The summed E-state index contributed by atoms with van der Waals surface area (Å²) in [4.78, 5) is 26.9. The number of carbonyl (C=O) groups excluding carboxylic acids is 2. The van der Waals surface area contributed by atoms with Crippen molar-refractivity contribution in [3.8, 4) is 11.8 Å². The summed E-state index contributed by atoms with van der Waals surface area (Å²) in [5.41, 5.74) is -0.837. The molecule has 9 heteroatoms. The van der Waals surface area contributed by atoms with Crippen LogP contribution in [0.2, 0.25) is 0 Å². The first-order chi connectivity index (χ1) is 14.8. The highest BCUT2D eigenvalue weighted by atomic mass is 19.4. The Bertz CT molecular complexity index is 1050. The number of carbonyl (C=O) groups is 2. The zero-order chi connectivity index (χ0) is 22.2. The van der Waals surface area contributed by atoms with Gasteiger partial charge in [0.1, 0.15) is 5.75 Å². The van der Waals surface area contributed by atoms with Gasteiger partial charge in [-0.1, -0.05) is 12.8 Å². The van der Waals surface area contributed by atoms with Crippen molar-refractivity contribution in [3.05, 3.63) is 53.6 Å². The van der Waals surface area contributed by atoms with Gasteiger partial charge < -0.3 is 4.74 Å². The first-order valence-electron chi connectivity index (χ1n) is 9.79. The first kappa shape index (κ1) is 20.7. The first-order valence-corrected chi connectivity index (χ1v) is 9.79. The van der Waals surface area contributed by atoms with E-state index in [1.165, 1.54) is 11.0 Å². The number of alkyl halides is 3. The molecule has 1 saturated carbocycles. The van der Waals surface area contributed by atoms with Crippen molar-refractivity contribution in [1.29, 1.82) is 5.26 Å². The van der Waals surface area contributed by atoms with E-state index in [-0.39, 0.29) is 17.8 Å². The highest BCUT2D eigenvalue weighted by Crippen LogP contribution is 2.42. The normalized spacial score (nSPS) is 20.9. The van der Waals surface area contributed by atoms with Gasteiger partial charge in [0.15, 0.2) is 0 Å². The average molecular weight is 429 g/mol. The molecule has 160 valence electrons. The lowest BCUT2D eigenvalue weighted by molar-refractivity contribution is -0.137. The van der Waals surface area contributed by atoms with Crippen LogP contribution in [-0.4, -0.2) is 24.6 Å². The SMILES string of the molecule is N#Cc1ccc(N2C(=O)N(c3ccc(OC=O)cc3)[C@H]3CCCC[C@@H]32)cc1C(F)(F)F. The molecule has 0 unspecified atom stereocenters. The topological polar surface area (TPSA) is 73.6 Å². The third-order valence-corrected chi connectivity index (χ3v) is 5.78. The molecule has 1 aliphatic carbocycles. The minimum absolute atomic E-state index is 0.122. The van der Waals surface area contributed by atoms with E-state index in [4.69, 9.17) is 10.00 Å². The highest BCUT2D eigenvalue weighted by Gasteiger charge is 2.48. The molecular weight excluding hydrogens is 411 g/mol. The number of anilines is 2. The number of halogens is 3. The van der Waals surface area contributed by atoms with E-state index in [0.29, 0.717) is 24.3 Å². The predicted molar refractivity (Wildman–Crippen MR) is 106 cm³/mol. The summed E-state index contributed by atoms with van der Waals surface area (Å²) in [5, 5.41) is 9.06. The van der Waals surface area contributed by atoms with Gasteiger partial charge >= 0.3 is 12.2 Å². The molecule has 1 heterocycles. The number of nitriles is 1. The third-order valence-electron chi connectivity index (χ3n) is 5.78. The van der Waals surface area contributed by atoms with Crippen molar-refractivity contribution in [1.82, 2.24) is 0 Å². The molecule has 0 spiro atoms. The van der Waals surface area contributed by atoms with Gasteiger partial charge in [0.2, 0.25) is 0 Å². The number of urea groups is 1. The summed E-state index contributed by atoms with van der Waals surface area (Å²) < 4.78 is 45.2. The van der Waals surface area contributed by atoms with Gasteiger partial charge in [-0.25, -0.2) is 4.79 Å². The minimum atomic E-state index is -4.70. The lowest BCUT2D eigenvalue weighted by Crippen LogP contribution is -2.40. The van der Waals surface area contributed by atoms with Crippen molar-refractivity contribution in [2.45, 2.75) is 43.9 Å². The Labute approximate surface area is 176 Å². The van der Waals surface area contributed by atoms with Crippen molar-refractivity contribution in [3.63, 3.8) is 0 Å². The van der Waals surface area contributed by atoms with E-state index in [0.717, 1.165) is 31.4 Å². The summed E-state index contributed by atoms with van der Waals surface area (Å²) in [6.07, 6.45) is -1.54. The van der Waals surface area contributed by atoms with Crippen LogP contribution >= 0.6 is 0 Å². The van der Waals surface area contributed by atoms with Crippen LogP contribution in [0.25, 0.3) is 0 Å². The van der Waals surface area contributed by atoms with Gasteiger partial charge in [-0.15, -0.1) is 0 Å². The maximum atomic E-state index is 13.5. The van der Waals surface area contributed by atoms with Crippen LogP contribution < -0.4 is 14.5 Å². The second kappa shape index (κ2) is 7.95. The molecule has 0 N–H and O–H groups in total. The summed E-state index contributed by atoms with van der Waals surface area (Å²) in [6, 6.07) is 10.5. The molecule has 4 rings (SSSR count). The van der Waals surface area contributed by atoms with E-state index < -0.39 is 23.3 Å². The van der Waals surface area contributed by atoms with Crippen molar-refractivity contribution in [2.75, 3.05) is 9.80 Å². The molecular formula is C22H18F3N3O3. The molecule has 0 aromatic heterocycles. The maximum Gasteiger partial charge on any atom is 0.417 e. The fraction of sp³-hybridized carbons (Fsp3) is 0.318. The molecule has 2 fully saturated rings. The van der Waals surface area contributed by atoms with Crippen LogP contribution in [0, 0.1) is 11.3 Å². The molecule has 2 aliphatic rings. The number of rotatable bonds is 4. The molecule has 31 heavy (non-hydrogen) atoms. The average Bonchev–Trinajstić information content (AvgIpc) is 3.05. The van der Waals surface area contributed by atoms with Gasteiger partial charge in [0.05, 0.1) is 29.3 Å². The van der Waals surface area contributed by atoms with Gasteiger partial charge in [-0.2, -0.15) is 18.4 Å². The van der Waals surface area contributed by atoms with Gasteiger partial charge in [0.25, 0.3) is 6.47 Å². The fourth-order valence-electron chi connectivity index (χ4n) is 4.45. The van der Waals surface area contributed by atoms with Crippen molar-refractivity contribution < 1.29 is 27.5 Å². The number of amides is 2. The second-order valence-electron chi connectivity index (χ2n) is 7.49.